The van der Waals surface area contributed by atoms with Crippen LogP contribution in [0, 0.1) is 17.8 Å². The van der Waals surface area contributed by atoms with E-state index in [0.29, 0.717) is 158 Å². The van der Waals surface area contributed by atoms with Gasteiger partial charge in [0.15, 0.2) is 93.9 Å². The molecule has 45 nitrogen and oxygen atoms in total. The first-order chi connectivity index (χ1) is 69.2. The van der Waals surface area contributed by atoms with Gasteiger partial charge in [0.05, 0.1) is 31.7 Å². The van der Waals surface area contributed by atoms with Crippen LogP contribution in [0.15, 0.2) is 136 Å². The van der Waals surface area contributed by atoms with Crippen molar-refractivity contribution in [3.63, 3.8) is 0 Å². The summed E-state index contributed by atoms with van der Waals surface area (Å²) >= 11 is 0. The molecule has 16 atom stereocenters. The van der Waals surface area contributed by atoms with Gasteiger partial charge in [0.1, 0.15) is 134 Å². The lowest BCUT2D eigenvalue weighted by atomic mass is 9.86. The zero-order valence-electron chi connectivity index (χ0n) is 85.7. The molecule has 784 valence electrons. The molecule has 3 aromatic carbocycles. The molecular formula is C100H142N28O17. The van der Waals surface area contributed by atoms with E-state index in [2.05, 4.69) is 170 Å². The lowest BCUT2D eigenvalue weighted by Crippen LogP contribution is -2.44. The van der Waals surface area contributed by atoms with Crippen molar-refractivity contribution in [3.8, 4) is 0 Å². The Morgan fingerprint density at radius 1 is 0.386 bits per heavy atom. The van der Waals surface area contributed by atoms with Crippen LogP contribution in [0.2, 0.25) is 0 Å². The van der Waals surface area contributed by atoms with Crippen LogP contribution < -0.4 is 49.9 Å². The highest BCUT2D eigenvalue weighted by molar-refractivity contribution is 5.84. The van der Waals surface area contributed by atoms with Crippen molar-refractivity contribution >= 4 is 86.0 Å². The third-order valence-electron chi connectivity index (χ3n) is 25.8. The number of carbonyl (C=O) groups is 3. The Morgan fingerprint density at radius 2 is 0.697 bits per heavy atom. The number of nitrogen functional groups attached to an aromatic ring is 4. The molecule has 14 N–H and O–H groups in total. The van der Waals surface area contributed by atoms with Gasteiger partial charge in [-0.15, -0.1) is 0 Å². The van der Waals surface area contributed by atoms with Crippen LogP contribution in [-0.2, 0) is 96.2 Å². The third kappa shape index (κ3) is 26.1. The average molecular weight is 2010 g/mol. The van der Waals surface area contributed by atoms with E-state index in [1.807, 2.05) is 142 Å². The second-order valence-corrected chi connectivity index (χ2v) is 41.8. The fourth-order valence-corrected chi connectivity index (χ4v) is 19.7. The van der Waals surface area contributed by atoms with Crippen LogP contribution in [0.3, 0.4) is 0 Å². The van der Waals surface area contributed by atoms with Crippen LogP contribution in [0.4, 0.5) is 32.9 Å². The maximum atomic E-state index is 12.8. The second kappa shape index (κ2) is 45.8. The zero-order valence-corrected chi connectivity index (χ0v) is 85.7. The Labute approximate surface area is 843 Å². The van der Waals surface area contributed by atoms with Crippen LogP contribution in [-0.4, -0.2) is 305 Å². The lowest BCUT2D eigenvalue weighted by Gasteiger charge is -2.30. The van der Waals surface area contributed by atoms with Gasteiger partial charge in [-0.2, -0.15) is 0 Å². The summed E-state index contributed by atoms with van der Waals surface area (Å²) in [6, 6.07) is 27.4. The fraction of sp³-hybridized carbons (Fsp3) is 0.590. The van der Waals surface area contributed by atoms with Crippen LogP contribution in [0.25, 0.3) is 44.7 Å². The number of carbonyl (C=O) groups excluding carboxylic acids is 3. The number of nitrogens with two attached hydrogens (primary N) is 5. The molecule has 8 fully saturated rings. The van der Waals surface area contributed by atoms with Crippen molar-refractivity contribution < 1.29 is 80.7 Å². The van der Waals surface area contributed by atoms with E-state index in [0.717, 1.165) is 49.4 Å². The van der Waals surface area contributed by atoms with E-state index in [1.54, 1.807) is 29.9 Å². The van der Waals surface area contributed by atoms with E-state index in [-0.39, 0.29) is 97.8 Å². The van der Waals surface area contributed by atoms with Crippen molar-refractivity contribution in [2.45, 2.75) is 264 Å². The molecule has 8 saturated heterocycles. The second-order valence-electron chi connectivity index (χ2n) is 41.8. The van der Waals surface area contributed by atoms with Gasteiger partial charge in [-0.25, -0.2) is 69.4 Å². The molecule has 8 aromatic heterocycles. The van der Waals surface area contributed by atoms with Gasteiger partial charge in [-0.05, 0) is 101 Å². The molecule has 0 radical (unpaired) electrons. The molecule has 11 aromatic rings. The summed E-state index contributed by atoms with van der Waals surface area (Å²) < 4.78 is 94.0. The van der Waals surface area contributed by atoms with Gasteiger partial charge in [0, 0.05) is 98.2 Å². The number of nitrogens with zero attached hydrogens (tertiary/aromatic N) is 19. The fourth-order valence-electron chi connectivity index (χ4n) is 19.7. The number of aromatic nitrogens is 16. The number of fused-ring (bicyclic) bond motifs is 8. The number of hydrogen-bond acceptors (Lipinski definition) is 38. The van der Waals surface area contributed by atoms with Crippen molar-refractivity contribution in [3.05, 3.63) is 158 Å². The predicted molar refractivity (Wildman–Crippen MR) is 537 cm³/mol. The van der Waals surface area contributed by atoms with Crippen LogP contribution in [0.1, 0.15) is 165 Å². The minimum absolute atomic E-state index is 0.0165. The smallest absolute Gasteiger partial charge is 0.407 e. The quantitative estimate of drug-likeness (QED) is 0.0169. The number of ether oxygens (including phenoxy) is 14. The SMILES string of the molecule is CC(C)CN(CCN)C[C@H]1O[C@@H](n2cnc3c(N)ncnc32)[C@@H]2OC(C)(C)O[C@@H]21.CC(C)CN(CCNC(=O)Cc1ccc(C(C)(C)C)cc1)C[C@H]1O[C@@H](n2cnc3c(N)ncnc32)[C@@H]2OC(C)(C)O[C@@H]21.CC(C)CN(CCNC(=O)OCc1ccccc1)C[C@H]1O[C@@H](n2cnc3c(N)ncnc32)[C@@H]2OC(C)(C)O[C@@H]21.CC1(C)O[C@@H]2[C@H](O1)[C@@H](CNCCNC(=O)OCc1ccccc1)O[C@H]2n1cnc2c(N)ncnc21. The normalized spacial score (nSPS) is 25.0. The van der Waals surface area contributed by atoms with Gasteiger partial charge in [-0.3, -0.25) is 37.8 Å². The number of rotatable bonds is 35. The Hall–Kier alpha value is -11.6. The minimum Gasteiger partial charge on any atom is -0.445 e. The molecule has 0 unspecified atom stereocenters. The molecule has 8 aliphatic heterocycles. The summed E-state index contributed by atoms with van der Waals surface area (Å²) in [6.45, 7) is 45.1. The highest BCUT2D eigenvalue weighted by Crippen LogP contribution is 2.49. The van der Waals surface area contributed by atoms with Gasteiger partial charge < -0.3 is 116 Å². The average Bonchev–Trinajstić information content (AvgIpc) is 1.60. The predicted octanol–water partition coefficient (Wildman–Crippen LogP) is 8.24. The van der Waals surface area contributed by atoms with Crippen LogP contribution in [0.5, 0.6) is 0 Å². The van der Waals surface area contributed by atoms with Gasteiger partial charge in [0.2, 0.25) is 5.91 Å². The molecular weight excluding hydrogens is 1870 g/mol. The summed E-state index contributed by atoms with van der Waals surface area (Å²) in [5, 5.41) is 12.0. The van der Waals surface area contributed by atoms with E-state index in [1.165, 1.54) is 30.9 Å². The molecule has 8 aliphatic rings. The molecule has 45 heteroatoms. The molecule has 0 aliphatic carbocycles. The minimum atomic E-state index is -0.757. The summed E-state index contributed by atoms with van der Waals surface area (Å²) in [5.41, 5.74) is 38.5. The Bertz CT molecular complexity index is 6130. The van der Waals surface area contributed by atoms with E-state index >= 15 is 0 Å². The molecule has 0 bridgehead atoms. The first kappa shape index (κ1) is 106. The van der Waals surface area contributed by atoms with E-state index in [9.17, 15) is 14.4 Å². The Morgan fingerprint density at radius 3 is 1.03 bits per heavy atom. The number of benzene rings is 3. The summed E-state index contributed by atoms with van der Waals surface area (Å²) in [5.74, 6) is -0.258. The highest BCUT2D eigenvalue weighted by atomic mass is 16.8. The zero-order chi connectivity index (χ0) is 103. The number of imidazole rings is 4. The van der Waals surface area contributed by atoms with Gasteiger partial charge in [0.25, 0.3) is 0 Å². The molecule has 0 spiro atoms. The lowest BCUT2D eigenvalue weighted by molar-refractivity contribution is -0.198. The van der Waals surface area contributed by atoms with Crippen LogP contribution >= 0.6 is 0 Å². The van der Waals surface area contributed by atoms with Crippen molar-refractivity contribution in [1.82, 2.24) is 114 Å². The summed E-state index contributed by atoms with van der Waals surface area (Å²) in [6.07, 6.45) is 6.55. The molecule has 19 rings (SSSR count). The van der Waals surface area contributed by atoms with Crippen molar-refractivity contribution in [2.24, 2.45) is 23.5 Å². The number of nitrogens with one attached hydrogen (secondary N) is 4. The molecule has 16 heterocycles. The number of hydrogen-bond donors (Lipinski definition) is 9. The molecule has 0 saturated carbocycles. The van der Waals surface area contributed by atoms with Crippen molar-refractivity contribution in [2.75, 3.05) is 121 Å². The Kier molecular flexibility index (Phi) is 33.5. The third-order valence-corrected chi connectivity index (χ3v) is 25.8. The molecule has 3 amide bonds. The highest BCUT2D eigenvalue weighted by Gasteiger charge is 2.61. The largest absolute Gasteiger partial charge is 0.445 e. The number of alkyl carbamates (subject to hydrolysis) is 2. The molecule has 145 heavy (non-hydrogen) atoms. The monoisotopic (exact) mass is 2010 g/mol. The van der Waals surface area contributed by atoms with E-state index < -0.39 is 60.2 Å². The van der Waals surface area contributed by atoms with Gasteiger partial charge >= 0.3 is 12.2 Å². The Balaban J connectivity index is 0.000000140. The maximum absolute atomic E-state index is 12.8. The maximum Gasteiger partial charge on any atom is 0.407 e. The number of amides is 3. The van der Waals surface area contributed by atoms with Crippen molar-refractivity contribution in [1.29, 1.82) is 0 Å². The van der Waals surface area contributed by atoms with Gasteiger partial charge in [-0.1, -0.05) is 147 Å². The summed E-state index contributed by atoms with van der Waals surface area (Å²) in [7, 11) is 0. The van der Waals surface area contributed by atoms with E-state index in [4.69, 9.17) is 95.0 Å². The summed E-state index contributed by atoms with van der Waals surface area (Å²) in [4.78, 5) is 95.0. The number of anilines is 4. The first-order valence-electron chi connectivity index (χ1n) is 49.8. The standard InChI is InChI=1S/C31H45N7O4.C27H37N7O5.C23H29N7O5.C19H31N7O3/c1-19(2)15-37(13-12-33-23(39)14-20-8-10-21(11-9-20)30(3,4)5)16-22-25-26(42-31(6,7)41-25)29(40-22)38-18-36-24-27(32)34-17-35-28(24)38;1-17(2)12-33(11-10-29-26(35)36-14-18-8-6-5-7-9-18)13-19-21-22(39-27(3,4)38-21)25(37-19)34-16-32-20-23(28)30-15-31-24(20)34;1-23(2)34-17-15(10-25-8-9-26-22(31)32-11-14-6-4-3-5-7-14)33-21(18(17)35-23)30-13-29-16-19(24)27-12-28-20(16)30;1-11(2)7-25(6-5-20)8-12-14-15(29-19(3,4)28-14)18(27-12)26-10-24-13-16(21)22-9-23-17(13)26/h8-11,17-19,22,25-26,29H,12-16H2,1-7H3,(H,33,39)(H2,32,34,35);5-9,15-17,19,21-22,25H,10-14H2,1-4H3,(H,29,35)(H2,28,30,31);3-7,12-13,15,17-18,21,25H,8-11H2,1-2H3,(H,26,31)(H2,24,27,28);9-12,14-15,18H,5-8,20H2,1-4H3,(H2,21,22,23)/t22-,25-,26-,29-;19-,21-,22-,25-;15-,17-,18-,21-;12-,14-,15-,18-/m1111/s1. The first-order valence-corrected chi connectivity index (χ1v) is 49.8. The topological polar surface area (TPSA) is 543 Å².